The highest BCUT2D eigenvalue weighted by Gasteiger charge is 2.24. The van der Waals surface area contributed by atoms with Crippen molar-refractivity contribution in [2.45, 2.75) is 0 Å². The van der Waals surface area contributed by atoms with E-state index in [-0.39, 0.29) is 15.8 Å². The van der Waals surface area contributed by atoms with Gasteiger partial charge in [-0.05, 0) is 39.8 Å². The Kier molecular flexibility index (Phi) is 5.80. The Bertz CT molecular complexity index is 764. The molecule has 1 aliphatic heterocycles. The standard InChI is InChI=1S/C13H9BrClN3O4S/c1-22-11(20)4-10-12(21)17-13(23-10)18-16-5-6-2-8(15)7(14)3-9(6)19/h2-5,19H,1H3,(H,17,18,21)/b10-4+,16-5?. The molecule has 0 saturated carbocycles. The number of amides is 1. The zero-order chi connectivity index (χ0) is 17.0. The predicted molar refractivity (Wildman–Crippen MR) is 91.7 cm³/mol. The Labute approximate surface area is 148 Å². The van der Waals surface area contributed by atoms with Crippen molar-refractivity contribution in [2.75, 3.05) is 7.11 Å². The number of nitrogens with one attached hydrogen (secondary N) is 1. The number of carbonyl (C=O) groups is 2. The number of phenols is 1. The highest BCUT2D eigenvalue weighted by Crippen LogP contribution is 2.29. The van der Waals surface area contributed by atoms with Gasteiger partial charge < -0.3 is 9.84 Å². The van der Waals surface area contributed by atoms with Crippen molar-refractivity contribution in [3.63, 3.8) is 0 Å². The smallest absolute Gasteiger partial charge is 0.331 e. The van der Waals surface area contributed by atoms with Crippen molar-refractivity contribution < 1.29 is 19.4 Å². The van der Waals surface area contributed by atoms with E-state index in [9.17, 15) is 14.7 Å². The highest BCUT2D eigenvalue weighted by molar-refractivity contribution is 9.10. The monoisotopic (exact) mass is 417 g/mol. The molecule has 1 saturated heterocycles. The summed E-state index contributed by atoms with van der Waals surface area (Å²) in [7, 11) is 1.21. The number of hydrogen-bond acceptors (Lipinski definition) is 7. The topological polar surface area (TPSA) is 100 Å². The molecular weight excluding hydrogens is 410 g/mol. The van der Waals surface area contributed by atoms with Crippen LogP contribution in [0.4, 0.5) is 0 Å². The van der Waals surface area contributed by atoms with Gasteiger partial charge in [0.1, 0.15) is 5.75 Å². The number of hydrogen-bond donors (Lipinski definition) is 2. The maximum atomic E-state index is 11.6. The fourth-order valence-electron chi connectivity index (χ4n) is 1.44. The normalized spacial score (nSPS) is 18.0. The summed E-state index contributed by atoms with van der Waals surface area (Å²) in [6.45, 7) is 0. The summed E-state index contributed by atoms with van der Waals surface area (Å²) in [5.41, 5.74) is 0.363. The third-order valence-corrected chi connectivity index (χ3v) is 4.61. The molecular formula is C13H9BrClN3O4S. The molecule has 1 fully saturated rings. The number of aromatic hydroxyl groups is 1. The molecule has 2 N–H and O–H groups in total. The first kappa shape index (κ1) is 17.5. The lowest BCUT2D eigenvalue weighted by Gasteiger charge is -2.01. The van der Waals surface area contributed by atoms with E-state index in [1.807, 2.05) is 0 Å². The summed E-state index contributed by atoms with van der Waals surface area (Å²) in [5.74, 6) is -1.13. The Morgan fingerprint density at radius 3 is 2.96 bits per heavy atom. The molecule has 0 aromatic heterocycles. The van der Waals surface area contributed by atoms with E-state index in [0.29, 0.717) is 15.1 Å². The molecule has 10 heteroatoms. The molecule has 23 heavy (non-hydrogen) atoms. The van der Waals surface area contributed by atoms with Crippen LogP contribution in [0.5, 0.6) is 5.75 Å². The van der Waals surface area contributed by atoms with Gasteiger partial charge in [-0.15, -0.1) is 5.10 Å². The first-order valence-corrected chi connectivity index (χ1v) is 7.97. The minimum Gasteiger partial charge on any atom is -0.507 e. The maximum Gasteiger partial charge on any atom is 0.331 e. The first-order valence-electron chi connectivity index (χ1n) is 5.98. The van der Waals surface area contributed by atoms with Crippen LogP contribution in [-0.2, 0) is 14.3 Å². The van der Waals surface area contributed by atoms with Gasteiger partial charge in [-0.1, -0.05) is 11.6 Å². The number of amidine groups is 1. The van der Waals surface area contributed by atoms with Gasteiger partial charge in [0.25, 0.3) is 5.91 Å². The van der Waals surface area contributed by atoms with Crippen LogP contribution in [0.3, 0.4) is 0 Å². The predicted octanol–water partition coefficient (Wildman–Crippen LogP) is 2.42. The molecule has 2 rings (SSSR count). The SMILES string of the molecule is COC(=O)/C=C1/S/C(=N\N=Cc2cc(Cl)c(Br)cc2O)NC1=O. The third-order valence-electron chi connectivity index (χ3n) is 2.52. The van der Waals surface area contributed by atoms with Gasteiger partial charge in [0.2, 0.25) is 0 Å². The van der Waals surface area contributed by atoms with Crippen LogP contribution in [-0.4, -0.2) is 35.5 Å². The molecule has 1 heterocycles. The number of methoxy groups -OCH3 is 1. The lowest BCUT2D eigenvalue weighted by atomic mass is 10.2. The highest BCUT2D eigenvalue weighted by atomic mass is 79.9. The van der Waals surface area contributed by atoms with Gasteiger partial charge in [0, 0.05) is 16.1 Å². The van der Waals surface area contributed by atoms with Crippen molar-refractivity contribution in [1.29, 1.82) is 0 Å². The molecule has 0 bridgehead atoms. The molecule has 1 aromatic carbocycles. The number of halogens is 2. The lowest BCUT2D eigenvalue weighted by Crippen LogP contribution is -2.19. The minimum atomic E-state index is -0.637. The first-order chi connectivity index (χ1) is 10.9. The van der Waals surface area contributed by atoms with E-state index in [1.54, 1.807) is 0 Å². The van der Waals surface area contributed by atoms with Gasteiger partial charge in [0.15, 0.2) is 5.17 Å². The molecule has 1 aliphatic rings. The van der Waals surface area contributed by atoms with E-state index in [4.69, 9.17) is 11.6 Å². The van der Waals surface area contributed by atoms with E-state index in [1.165, 1.54) is 25.5 Å². The van der Waals surface area contributed by atoms with E-state index in [2.05, 4.69) is 36.2 Å². The van der Waals surface area contributed by atoms with Crippen LogP contribution in [0.1, 0.15) is 5.56 Å². The average molecular weight is 419 g/mol. The molecule has 0 atom stereocenters. The quantitative estimate of drug-likeness (QED) is 0.340. The van der Waals surface area contributed by atoms with Crippen molar-refractivity contribution in [3.8, 4) is 5.75 Å². The zero-order valence-corrected chi connectivity index (χ0v) is 14.7. The van der Waals surface area contributed by atoms with Crippen LogP contribution in [0.2, 0.25) is 5.02 Å². The van der Waals surface area contributed by atoms with Crippen LogP contribution in [0, 0.1) is 0 Å². The molecule has 0 aliphatic carbocycles. The second-order valence-electron chi connectivity index (χ2n) is 4.06. The fraction of sp³-hybridized carbons (Fsp3) is 0.0769. The zero-order valence-electron chi connectivity index (χ0n) is 11.5. The Morgan fingerprint density at radius 2 is 2.26 bits per heavy atom. The van der Waals surface area contributed by atoms with Crippen molar-refractivity contribution in [3.05, 3.63) is 38.2 Å². The van der Waals surface area contributed by atoms with Crippen LogP contribution >= 0.6 is 39.3 Å². The Hall–Kier alpha value is -1.84. The van der Waals surface area contributed by atoms with Gasteiger partial charge in [-0.2, -0.15) is 5.10 Å². The minimum absolute atomic E-state index is 0.0281. The summed E-state index contributed by atoms with van der Waals surface area (Å²) in [6, 6.07) is 2.94. The summed E-state index contributed by atoms with van der Waals surface area (Å²) < 4.78 is 5.00. The molecule has 0 spiro atoms. The molecule has 0 unspecified atom stereocenters. The molecule has 1 amide bonds. The van der Waals surface area contributed by atoms with Gasteiger partial charge in [-0.3, -0.25) is 10.1 Å². The number of nitrogens with zero attached hydrogens (tertiary/aromatic N) is 2. The Morgan fingerprint density at radius 1 is 1.52 bits per heavy atom. The second kappa shape index (κ2) is 7.62. The summed E-state index contributed by atoms with van der Waals surface area (Å²) >= 11 is 10.1. The van der Waals surface area contributed by atoms with Gasteiger partial charge in [0.05, 0.1) is 23.3 Å². The van der Waals surface area contributed by atoms with Gasteiger partial charge in [-0.25, -0.2) is 4.79 Å². The number of phenolic OH excluding ortho intramolecular Hbond substituents is 1. The number of ether oxygens (including phenoxy) is 1. The molecule has 7 nitrogen and oxygen atoms in total. The van der Waals surface area contributed by atoms with Crippen LogP contribution in [0.15, 0.2) is 37.8 Å². The number of rotatable bonds is 3. The largest absolute Gasteiger partial charge is 0.507 e. The van der Waals surface area contributed by atoms with Gasteiger partial charge >= 0.3 is 5.97 Å². The molecule has 1 aromatic rings. The van der Waals surface area contributed by atoms with Crippen molar-refractivity contribution in [2.24, 2.45) is 10.2 Å². The van der Waals surface area contributed by atoms with E-state index in [0.717, 1.165) is 17.8 Å². The lowest BCUT2D eigenvalue weighted by molar-refractivity contribution is -0.135. The summed E-state index contributed by atoms with van der Waals surface area (Å²) in [6.07, 6.45) is 2.35. The van der Waals surface area contributed by atoms with Crippen LogP contribution < -0.4 is 5.32 Å². The average Bonchev–Trinajstić information content (AvgIpc) is 2.84. The maximum absolute atomic E-state index is 11.6. The molecule has 120 valence electrons. The Balaban J connectivity index is 2.13. The number of thioether (sulfide) groups is 1. The van der Waals surface area contributed by atoms with Crippen LogP contribution in [0.25, 0.3) is 0 Å². The third kappa shape index (κ3) is 4.57. The molecule has 0 radical (unpaired) electrons. The van der Waals surface area contributed by atoms with E-state index >= 15 is 0 Å². The summed E-state index contributed by atoms with van der Waals surface area (Å²) in [4.78, 5) is 22.9. The second-order valence-corrected chi connectivity index (χ2v) is 6.35. The number of carbonyl (C=O) groups excluding carboxylic acids is 2. The van der Waals surface area contributed by atoms with Crippen molar-refractivity contribution >= 4 is 62.6 Å². The van der Waals surface area contributed by atoms with E-state index < -0.39 is 11.9 Å². The number of esters is 1. The number of benzene rings is 1. The summed E-state index contributed by atoms with van der Waals surface area (Å²) in [5, 5.41) is 20.4. The fourth-order valence-corrected chi connectivity index (χ4v) is 2.68. The van der Waals surface area contributed by atoms with Crippen molar-refractivity contribution in [1.82, 2.24) is 5.32 Å².